The minimum Gasteiger partial charge on any atom is -0.307 e. The van der Waals surface area contributed by atoms with Crippen LogP contribution in [0.2, 0.25) is 0 Å². The molecule has 45 heavy (non-hydrogen) atoms. The average Bonchev–Trinajstić information content (AvgIpc) is 3.74. The fourth-order valence-corrected chi connectivity index (χ4v) is 7.13. The van der Waals surface area contributed by atoms with E-state index in [1.807, 2.05) is 0 Å². The fraction of sp³-hybridized carbons (Fsp3) is 0.214. The van der Waals surface area contributed by atoms with E-state index in [-0.39, 0.29) is 10.8 Å². The summed E-state index contributed by atoms with van der Waals surface area (Å²) in [6.45, 7) is 13.7. The van der Waals surface area contributed by atoms with Gasteiger partial charge in [0.15, 0.2) is 0 Å². The number of pyridine rings is 1. The molecule has 0 N–H and O–H groups in total. The van der Waals surface area contributed by atoms with Crippen molar-refractivity contribution < 1.29 is 0 Å². The predicted molar refractivity (Wildman–Crippen MR) is 192 cm³/mol. The summed E-state index contributed by atoms with van der Waals surface area (Å²) in [7, 11) is 0. The third-order valence-electron chi connectivity index (χ3n) is 9.56. The van der Waals surface area contributed by atoms with E-state index in [9.17, 15) is 0 Å². The molecule has 0 aliphatic heterocycles. The molecule has 1 aliphatic carbocycles. The van der Waals surface area contributed by atoms with Gasteiger partial charge in [-0.25, -0.2) is 0 Å². The number of allylic oxidation sites excluding steroid dienone is 4. The van der Waals surface area contributed by atoms with Crippen molar-refractivity contribution in [2.75, 3.05) is 0 Å². The van der Waals surface area contributed by atoms with E-state index in [1.54, 1.807) is 0 Å². The van der Waals surface area contributed by atoms with Gasteiger partial charge in [0.05, 0.1) is 45.8 Å². The molecule has 0 fully saturated rings. The van der Waals surface area contributed by atoms with Crippen LogP contribution in [0.15, 0.2) is 116 Å². The molecule has 3 heteroatoms. The van der Waals surface area contributed by atoms with E-state index in [0.29, 0.717) is 0 Å². The lowest BCUT2D eigenvalue weighted by Gasteiger charge is -2.22. The molecule has 0 bridgehead atoms. The molecule has 222 valence electrons. The van der Waals surface area contributed by atoms with Crippen LogP contribution in [0.3, 0.4) is 0 Å². The van der Waals surface area contributed by atoms with Crippen LogP contribution in [0.4, 0.5) is 0 Å². The maximum absolute atomic E-state index is 5.01. The third kappa shape index (κ3) is 4.29. The van der Waals surface area contributed by atoms with Gasteiger partial charge in [-0.05, 0) is 58.2 Å². The van der Waals surface area contributed by atoms with Crippen LogP contribution in [-0.4, -0.2) is 14.1 Å². The second kappa shape index (κ2) is 9.81. The van der Waals surface area contributed by atoms with Gasteiger partial charge in [0.1, 0.15) is 0 Å². The summed E-state index contributed by atoms with van der Waals surface area (Å²) in [5.74, 6) is 0. The van der Waals surface area contributed by atoms with Gasteiger partial charge in [0.2, 0.25) is 0 Å². The third-order valence-corrected chi connectivity index (χ3v) is 9.56. The van der Waals surface area contributed by atoms with E-state index in [4.69, 9.17) is 4.98 Å². The molecule has 0 atom stereocenters. The minimum absolute atomic E-state index is 0.0318. The van der Waals surface area contributed by atoms with Crippen LogP contribution in [0, 0.1) is 0 Å². The van der Waals surface area contributed by atoms with Gasteiger partial charge in [-0.1, -0.05) is 120 Å². The van der Waals surface area contributed by atoms with Crippen LogP contribution >= 0.6 is 0 Å². The highest BCUT2D eigenvalue weighted by Crippen LogP contribution is 2.42. The fourth-order valence-electron chi connectivity index (χ4n) is 7.13. The van der Waals surface area contributed by atoms with Gasteiger partial charge >= 0.3 is 0 Å². The Morgan fingerprint density at radius 2 is 1.02 bits per heavy atom. The van der Waals surface area contributed by atoms with Crippen molar-refractivity contribution >= 4 is 49.2 Å². The Morgan fingerprint density at radius 3 is 1.47 bits per heavy atom. The molecule has 7 aromatic rings. The average molecular weight is 586 g/mol. The van der Waals surface area contributed by atoms with Crippen molar-refractivity contribution in [3.63, 3.8) is 0 Å². The number of nitrogens with zero attached hydrogens (tertiary/aromatic N) is 3. The lowest BCUT2D eigenvalue weighted by molar-refractivity contribution is 0.590. The largest absolute Gasteiger partial charge is 0.307 e. The van der Waals surface area contributed by atoms with Crippen molar-refractivity contribution in [2.45, 2.75) is 58.8 Å². The maximum Gasteiger partial charge on any atom is 0.0741 e. The first-order valence-corrected chi connectivity index (χ1v) is 16.0. The Kier molecular flexibility index (Phi) is 6.02. The summed E-state index contributed by atoms with van der Waals surface area (Å²) in [6.07, 6.45) is 11.8. The lowest BCUT2D eigenvalue weighted by Crippen LogP contribution is -2.12. The van der Waals surface area contributed by atoms with Crippen LogP contribution < -0.4 is 0 Å². The van der Waals surface area contributed by atoms with Gasteiger partial charge in [-0.3, -0.25) is 4.98 Å². The van der Waals surface area contributed by atoms with E-state index in [1.165, 1.54) is 65.9 Å². The van der Waals surface area contributed by atoms with Gasteiger partial charge in [-0.15, -0.1) is 0 Å². The molecule has 3 nitrogen and oxygen atoms in total. The summed E-state index contributed by atoms with van der Waals surface area (Å²) < 4.78 is 4.92. The quantitative estimate of drug-likeness (QED) is 0.202. The van der Waals surface area contributed by atoms with Gasteiger partial charge in [-0.2, -0.15) is 0 Å². The Bertz CT molecular complexity index is 2210. The van der Waals surface area contributed by atoms with E-state index in [2.05, 4.69) is 166 Å². The summed E-state index contributed by atoms with van der Waals surface area (Å²) in [5, 5.41) is 5.05. The predicted octanol–water partition coefficient (Wildman–Crippen LogP) is 11.2. The molecule has 0 radical (unpaired) electrons. The van der Waals surface area contributed by atoms with Crippen molar-refractivity contribution in [3.05, 3.63) is 132 Å². The number of hydrogen-bond acceptors (Lipinski definition) is 1. The maximum atomic E-state index is 5.01. The van der Waals surface area contributed by atoms with Crippen LogP contribution in [0.1, 0.15) is 64.7 Å². The summed E-state index contributed by atoms with van der Waals surface area (Å²) in [5.41, 5.74) is 12.3. The molecule has 3 aromatic heterocycles. The summed E-state index contributed by atoms with van der Waals surface area (Å²) in [6, 6.07) is 31.6. The molecular weight excluding hydrogens is 546 g/mol. The Balaban J connectivity index is 1.52. The Labute approximate surface area is 265 Å². The number of aromatic nitrogens is 3. The van der Waals surface area contributed by atoms with Crippen molar-refractivity contribution in [1.82, 2.24) is 14.1 Å². The standard InChI is InChI=1S/C42H39N3/c1-41(2,3)28-19-21-32-30-15-9-11-17-34(30)44(36(32)23-28)38-25-43-26-39(40(38)27-13-7-8-14-27)45-35-18-12-10-16-31(35)33-22-20-29(24-37(33)45)42(4,5)6/h7-13,15-26H,14H2,1-6H3. The van der Waals surface area contributed by atoms with E-state index in [0.717, 1.165) is 17.8 Å². The summed E-state index contributed by atoms with van der Waals surface area (Å²) >= 11 is 0. The van der Waals surface area contributed by atoms with E-state index >= 15 is 0 Å². The van der Waals surface area contributed by atoms with Gasteiger partial charge in [0, 0.05) is 27.1 Å². The SMILES string of the molecule is CC(C)(C)c1ccc2c3ccccc3n(-c3cncc(-n4c5ccccc5c5ccc(C(C)(C)C)cc54)c3C3=CC=CC3)c2c1. The zero-order valence-corrected chi connectivity index (χ0v) is 27.0. The molecule has 3 heterocycles. The number of hydrogen-bond donors (Lipinski definition) is 0. The van der Waals surface area contributed by atoms with Gasteiger partial charge < -0.3 is 9.13 Å². The Hall–Kier alpha value is -4.89. The number of fused-ring (bicyclic) bond motifs is 6. The molecule has 0 saturated carbocycles. The Morgan fingerprint density at radius 1 is 0.556 bits per heavy atom. The smallest absolute Gasteiger partial charge is 0.0741 e. The van der Waals surface area contributed by atoms with E-state index < -0.39 is 0 Å². The zero-order valence-electron chi connectivity index (χ0n) is 27.0. The molecule has 0 saturated heterocycles. The number of benzene rings is 4. The first kappa shape index (κ1) is 27.6. The monoisotopic (exact) mass is 585 g/mol. The molecule has 4 aromatic carbocycles. The highest BCUT2D eigenvalue weighted by Gasteiger charge is 2.25. The first-order chi connectivity index (χ1) is 21.6. The van der Waals surface area contributed by atoms with Crippen molar-refractivity contribution in [1.29, 1.82) is 0 Å². The normalized spacial score (nSPS) is 14.0. The molecule has 8 rings (SSSR count). The second-order valence-electron chi connectivity index (χ2n) is 14.5. The second-order valence-corrected chi connectivity index (χ2v) is 14.5. The highest BCUT2D eigenvalue weighted by atomic mass is 15.0. The number of para-hydroxylation sites is 2. The molecular formula is C42H39N3. The molecule has 0 unspecified atom stereocenters. The van der Waals surface area contributed by atoms with Crippen molar-refractivity contribution in [2.24, 2.45) is 0 Å². The lowest BCUT2D eigenvalue weighted by atomic mass is 9.86. The zero-order chi connectivity index (χ0) is 31.1. The highest BCUT2D eigenvalue weighted by molar-refractivity contribution is 6.11. The topological polar surface area (TPSA) is 22.8 Å². The first-order valence-electron chi connectivity index (χ1n) is 16.0. The molecule has 0 spiro atoms. The molecule has 0 amide bonds. The van der Waals surface area contributed by atoms with Crippen LogP contribution in [-0.2, 0) is 10.8 Å². The van der Waals surface area contributed by atoms with Crippen LogP contribution in [0.25, 0.3) is 60.6 Å². The molecule has 1 aliphatic rings. The van der Waals surface area contributed by atoms with Gasteiger partial charge in [0.25, 0.3) is 0 Å². The van der Waals surface area contributed by atoms with Crippen LogP contribution in [0.5, 0.6) is 0 Å². The summed E-state index contributed by atoms with van der Waals surface area (Å²) in [4.78, 5) is 5.01. The number of rotatable bonds is 3. The van der Waals surface area contributed by atoms with Crippen molar-refractivity contribution in [3.8, 4) is 11.4 Å². The minimum atomic E-state index is 0.0318.